The molecule has 1 amide bonds. The summed E-state index contributed by atoms with van der Waals surface area (Å²) in [6, 6.07) is 8.40. The van der Waals surface area contributed by atoms with E-state index in [-0.39, 0.29) is 5.91 Å². The molecule has 2 rings (SSSR count). The van der Waals surface area contributed by atoms with Crippen molar-refractivity contribution in [1.29, 1.82) is 0 Å². The number of ether oxygens (including phenoxy) is 2. The number of carbonyl (C=O) groups is 1. The van der Waals surface area contributed by atoms with Crippen LogP contribution in [0.1, 0.15) is 52.9 Å². The summed E-state index contributed by atoms with van der Waals surface area (Å²) in [5, 5.41) is 0. The Hall–Kier alpha value is -1.71. The highest BCUT2D eigenvalue weighted by atomic mass is 16.5. The lowest BCUT2D eigenvalue weighted by Crippen LogP contribution is -2.47. The summed E-state index contributed by atoms with van der Waals surface area (Å²) >= 11 is 0. The van der Waals surface area contributed by atoms with Gasteiger partial charge >= 0.3 is 0 Å². The number of hydrogen-bond acceptors (Lipinski definition) is 3. The molecule has 1 saturated heterocycles. The minimum Gasteiger partial charge on any atom is -0.490 e. The van der Waals surface area contributed by atoms with Crippen LogP contribution in [0.15, 0.2) is 24.3 Å². The van der Waals surface area contributed by atoms with Crippen molar-refractivity contribution in [2.75, 3.05) is 13.2 Å². The summed E-state index contributed by atoms with van der Waals surface area (Å²) in [7, 11) is 0. The molecule has 2 unspecified atom stereocenters. The molecule has 128 valence electrons. The maximum Gasteiger partial charge on any atom is 0.223 e. The second kappa shape index (κ2) is 8.80. The minimum absolute atomic E-state index is 0.256. The third-order valence-corrected chi connectivity index (χ3v) is 4.42. The van der Waals surface area contributed by atoms with Gasteiger partial charge in [0.15, 0.2) is 11.5 Å². The average Bonchev–Trinajstić information content (AvgIpc) is 2.53. The van der Waals surface area contributed by atoms with Gasteiger partial charge in [0.25, 0.3) is 0 Å². The quantitative estimate of drug-likeness (QED) is 0.712. The zero-order valence-electron chi connectivity index (χ0n) is 14.6. The van der Waals surface area contributed by atoms with Gasteiger partial charge < -0.3 is 14.4 Å². The molecule has 0 saturated carbocycles. The van der Waals surface area contributed by atoms with E-state index in [1.807, 2.05) is 31.2 Å². The van der Waals surface area contributed by atoms with Crippen molar-refractivity contribution in [2.24, 2.45) is 0 Å². The van der Waals surface area contributed by atoms with Gasteiger partial charge in [-0.05, 0) is 58.6 Å². The Morgan fingerprint density at radius 3 is 2.35 bits per heavy atom. The number of nitrogens with zero attached hydrogens (tertiary/aromatic N) is 1. The van der Waals surface area contributed by atoms with E-state index in [0.29, 0.717) is 31.7 Å². The standard InChI is InChI=1S/C19H29NO3/c1-4-22-17-11-5-6-12-18(17)23-14-8-13-19(21)20-15(2)9-7-10-16(20)3/h5-6,11-12,15-16H,4,7-10,13-14H2,1-3H3. The molecule has 0 radical (unpaired) electrons. The predicted octanol–water partition coefficient (Wildman–Crippen LogP) is 4.03. The van der Waals surface area contributed by atoms with Crippen LogP contribution in [0.4, 0.5) is 0 Å². The van der Waals surface area contributed by atoms with Crippen LogP contribution in [0, 0.1) is 0 Å². The fraction of sp³-hybridized carbons (Fsp3) is 0.632. The highest BCUT2D eigenvalue weighted by Crippen LogP contribution is 2.27. The van der Waals surface area contributed by atoms with Crippen LogP contribution < -0.4 is 9.47 Å². The van der Waals surface area contributed by atoms with Crippen LogP contribution in [-0.2, 0) is 4.79 Å². The maximum atomic E-state index is 12.4. The maximum absolute atomic E-state index is 12.4. The number of likely N-dealkylation sites (tertiary alicyclic amines) is 1. The first kappa shape index (κ1) is 17.6. The number of para-hydroxylation sites is 2. The molecule has 0 aromatic heterocycles. The number of carbonyl (C=O) groups excluding carboxylic acids is 1. The zero-order valence-corrected chi connectivity index (χ0v) is 14.6. The summed E-state index contributed by atoms with van der Waals surface area (Å²) in [5.74, 6) is 1.77. The summed E-state index contributed by atoms with van der Waals surface area (Å²) in [4.78, 5) is 14.5. The van der Waals surface area contributed by atoms with Crippen LogP contribution >= 0.6 is 0 Å². The lowest BCUT2D eigenvalue weighted by molar-refractivity contribution is -0.137. The van der Waals surface area contributed by atoms with Gasteiger partial charge in [0.05, 0.1) is 13.2 Å². The number of amides is 1. The van der Waals surface area contributed by atoms with Gasteiger partial charge in [0.1, 0.15) is 0 Å². The van der Waals surface area contributed by atoms with E-state index in [1.165, 1.54) is 6.42 Å². The van der Waals surface area contributed by atoms with E-state index in [1.54, 1.807) is 0 Å². The van der Waals surface area contributed by atoms with Gasteiger partial charge in [-0.25, -0.2) is 0 Å². The molecule has 1 fully saturated rings. The largest absolute Gasteiger partial charge is 0.490 e. The molecule has 1 aliphatic rings. The first-order valence-corrected chi connectivity index (χ1v) is 8.79. The summed E-state index contributed by atoms with van der Waals surface area (Å²) in [6.07, 6.45) is 4.74. The van der Waals surface area contributed by atoms with Gasteiger partial charge in [-0.2, -0.15) is 0 Å². The number of rotatable bonds is 7. The molecule has 0 spiro atoms. The van der Waals surface area contributed by atoms with E-state index in [9.17, 15) is 4.79 Å². The molecule has 2 atom stereocenters. The van der Waals surface area contributed by atoms with Crippen molar-refractivity contribution in [3.63, 3.8) is 0 Å². The molecular weight excluding hydrogens is 290 g/mol. The van der Waals surface area contributed by atoms with Crippen LogP contribution in [-0.4, -0.2) is 36.1 Å². The van der Waals surface area contributed by atoms with E-state index in [2.05, 4.69) is 18.7 Å². The Morgan fingerprint density at radius 1 is 1.13 bits per heavy atom. The Labute approximate surface area is 139 Å². The first-order valence-electron chi connectivity index (χ1n) is 8.79. The third-order valence-electron chi connectivity index (χ3n) is 4.42. The Balaban J connectivity index is 1.78. The van der Waals surface area contributed by atoms with Crippen molar-refractivity contribution < 1.29 is 14.3 Å². The fourth-order valence-corrected chi connectivity index (χ4v) is 3.29. The van der Waals surface area contributed by atoms with Crippen LogP contribution in [0.3, 0.4) is 0 Å². The van der Waals surface area contributed by atoms with Crippen LogP contribution in [0.5, 0.6) is 11.5 Å². The SMILES string of the molecule is CCOc1ccccc1OCCCC(=O)N1C(C)CCCC1C. The molecule has 1 aromatic carbocycles. The molecule has 23 heavy (non-hydrogen) atoms. The first-order chi connectivity index (χ1) is 11.1. The van der Waals surface area contributed by atoms with Crippen molar-refractivity contribution in [1.82, 2.24) is 4.90 Å². The van der Waals surface area contributed by atoms with Gasteiger partial charge in [-0.1, -0.05) is 12.1 Å². The summed E-state index contributed by atoms with van der Waals surface area (Å²) in [5.41, 5.74) is 0. The minimum atomic E-state index is 0.256. The van der Waals surface area contributed by atoms with E-state index >= 15 is 0 Å². The molecule has 1 heterocycles. The van der Waals surface area contributed by atoms with Gasteiger partial charge in [0, 0.05) is 18.5 Å². The molecule has 4 nitrogen and oxygen atoms in total. The second-order valence-corrected chi connectivity index (χ2v) is 6.26. The Morgan fingerprint density at radius 2 is 1.74 bits per heavy atom. The third kappa shape index (κ3) is 4.88. The highest BCUT2D eigenvalue weighted by molar-refractivity contribution is 5.76. The average molecular weight is 319 g/mol. The normalized spacial score (nSPS) is 21.1. The van der Waals surface area contributed by atoms with Crippen molar-refractivity contribution in [3.05, 3.63) is 24.3 Å². The Kier molecular flexibility index (Phi) is 6.75. The van der Waals surface area contributed by atoms with Crippen molar-refractivity contribution >= 4 is 5.91 Å². The van der Waals surface area contributed by atoms with Crippen molar-refractivity contribution in [2.45, 2.75) is 65.0 Å². The lowest BCUT2D eigenvalue weighted by atomic mass is 9.97. The number of benzene rings is 1. The molecule has 1 aromatic rings. The highest BCUT2D eigenvalue weighted by Gasteiger charge is 2.28. The van der Waals surface area contributed by atoms with Crippen LogP contribution in [0.2, 0.25) is 0 Å². The molecular formula is C19H29NO3. The number of piperidine rings is 1. The van der Waals surface area contributed by atoms with E-state index < -0.39 is 0 Å². The molecule has 1 aliphatic heterocycles. The van der Waals surface area contributed by atoms with E-state index in [4.69, 9.17) is 9.47 Å². The molecule has 0 N–H and O–H groups in total. The molecule has 4 heteroatoms. The molecule has 0 bridgehead atoms. The topological polar surface area (TPSA) is 38.8 Å². The monoisotopic (exact) mass is 319 g/mol. The zero-order chi connectivity index (χ0) is 16.7. The van der Waals surface area contributed by atoms with Crippen molar-refractivity contribution in [3.8, 4) is 11.5 Å². The predicted molar refractivity (Wildman–Crippen MR) is 92.0 cm³/mol. The van der Waals surface area contributed by atoms with Gasteiger partial charge in [-0.15, -0.1) is 0 Å². The molecule has 0 aliphatic carbocycles. The van der Waals surface area contributed by atoms with Gasteiger partial charge in [-0.3, -0.25) is 4.79 Å². The second-order valence-electron chi connectivity index (χ2n) is 6.26. The van der Waals surface area contributed by atoms with E-state index in [0.717, 1.165) is 30.8 Å². The number of hydrogen-bond donors (Lipinski definition) is 0. The lowest BCUT2D eigenvalue weighted by Gasteiger charge is -2.39. The van der Waals surface area contributed by atoms with Crippen LogP contribution in [0.25, 0.3) is 0 Å². The fourth-order valence-electron chi connectivity index (χ4n) is 3.29. The summed E-state index contributed by atoms with van der Waals surface area (Å²) < 4.78 is 11.3. The van der Waals surface area contributed by atoms with Gasteiger partial charge in [0.2, 0.25) is 5.91 Å². The Bertz CT molecular complexity index is 493. The summed E-state index contributed by atoms with van der Waals surface area (Å²) in [6.45, 7) is 7.41. The smallest absolute Gasteiger partial charge is 0.223 e.